The third kappa shape index (κ3) is 3.12. The molecule has 15 heavy (non-hydrogen) atoms. The minimum absolute atomic E-state index is 0.0709. The van der Waals surface area contributed by atoms with Crippen LogP contribution in [0.5, 0.6) is 0 Å². The van der Waals surface area contributed by atoms with Crippen LogP contribution in [-0.2, 0) is 14.9 Å². The predicted molar refractivity (Wildman–Crippen MR) is 57.6 cm³/mol. The number of nitrogens with zero attached hydrogens (tertiary/aromatic N) is 2. The van der Waals surface area contributed by atoms with Crippen LogP contribution < -0.4 is 5.73 Å². The molecular weight excluding hydrogens is 218 g/mol. The molecule has 1 unspecified atom stereocenters. The summed E-state index contributed by atoms with van der Waals surface area (Å²) in [5.74, 6) is 0. The first-order valence-electron chi connectivity index (χ1n) is 4.97. The minimum Gasteiger partial charge on any atom is -0.375 e. The summed E-state index contributed by atoms with van der Waals surface area (Å²) in [6, 6.07) is 0. The Bertz CT molecular complexity index is 290. The lowest BCUT2D eigenvalue weighted by molar-refractivity contribution is -0.00532. The molecule has 1 aliphatic heterocycles. The highest BCUT2D eigenvalue weighted by Gasteiger charge is 2.30. The van der Waals surface area contributed by atoms with E-state index in [0.717, 1.165) is 0 Å². The van der Waals surface area contributed by atoms with Gasteiger partial charge in [-0.3, -0.25) is 0 Å². The molecule has 90 valence electrons. The largest absolute Gasteiger partial charge is 0.375 e. The van der Waals surface area contributed by atoms with Gasteiger partial charge in [-0.15, -0.1) is 0 Å². The zero-order valence-corrected chi connectivity index (χ0v) is 10.0. The van der Waals surface area contributed by atoms with Gasteiger partial charge in [-0.05, 0) is 13.0 Å². The van der Waals surface area contributed by atoms with Crippen molar-refractivity contribution in [2.45, 2.75) is 12.5 Å². The molecule has 0 aromatic rings. The van der Waals surface area contributed by atoms with E-state index in [2.05, 4.69) is 0 Å². The van der Waals surface area contributed by atoms with Crippen LogP contribution in [0, 0.1) is 0 Å². The van der Waals surface area contributed by atoms with Crippen molar-refractivity contribution in [3.05, 3.63) is 0 Å². The summed E-state index contributed by atoms with van der Waals surface area (Å²) in [6.45, 7) is 1.78. The highest BCUT2D eigenvalue weighted by atomic mass is 32.2. The summed E-state index contributed by atoms with van der Waals surface area (Å²) in [4.78, 5) is 0. The maximum absolute atomic E-state index is 11.8. The lowest BCUT2D eigenvalue weighted by Crippen LogP contribution is -2.49. The van der Waals surface area contributed by atoms with Crippen LogP contribution in [0.2, 0.25) is 0 Å². The number of ether oxygens (including phenoxy) is 1. The van der Waals surface area contributed by atoms with Crippen LogP contribution in [0.3, 0.4) is 0 Å². The molecule has 7 heteroatoms. The standard InChI is InChI=1S/C8H19N3O3S/c1-10(2)15(12,13)11-5-6-14-8(7-11)3-4-9/h8H,3-7,9H2,1-2H3. The molecule has 0 aromatic carbocycles. The molecule has 0 bridgehead atoms. The fourth-order valence-electron chi connectivity index (χ4n) is 1.49. The number of hydrogen-bond acceptors (Lipinski definition) is 4. The SMILES string of the molecule is CN(C)S(=O)(=O)N1CCOC(CCN)C1. The Balaban J connectivity index is 2.64. The maximum atomic E-state index is 11.8. The molecular formula is C8H19N3O3S. The summed E-state index contributed by atoms with van der Waals surface area (Å²) in [5, 5.41) is 0. The fourth-order valence-corrected chi connectivity index (χ4v) is 2.62. The zero-order chi connectivity index (χ0) is 11.5. The molecule has 0 amide bonds. The molecule has 1 fully saturated rings. The van der Waals surface area contributed by atoms with Crippen LogP contribution in [0.4, 0.5) is 0 Å². The van der Waals surface area contributed by atoms with Crippen LogP contribution in [0.1, 0.15) is 6.42 Å². The first-order chi connectivity index (χ1) is 6.98. The first-order valence-corrected chi connectivity index (χ1v) is 6.37. The molecule has 0 saturated carbocycles. The van der Waals surface area contributed by atoms with Gasteiger partial charge in [-0.25, -0.2) is 0 Å². The van der Waals surface area contributed by atoms with Crippen LogP contribution in [0.15, 0.2) is 0 Å². The molecule has 0 spiro atoms. The molecule has 1 atom stereocenters. The second kappa shape index (κ2) is 5.22. The van der Waals surface area contributed by atoms with Crippen molar-refractivity contribution in [2.24, 2.45) is 5.73 Å². The molecule has 0 aliphatic carbocycles. The topological polar surface area (TPSA) is 75.9 Å². The van der Waals surface area contributed by atoms with E-state index in [9.17, 15) is 8.42 Å². The molecule has 6 nitrogen and oxygen atoms in total. The van der Waals surface area contributed by atoms with E-state index in [1.54, 1.807) is 0 Å². The van der Waals surface area contributed by atoms with Crippen molar-refractivity contribution in [3.8, 4) is 0 Å². The van der Waals surface area contributed by atoms with Gasteiger partial charge in [0.15, 0.2) is 0 Å². The van der Waals surface area contributed by atoms with E-state index in [-0.39, 0.29) is 6.10 Å². The average molecular weight is 237 g/mol. The van der Waals surface area contributed by atoms with Crippen molar-refractivity contribution >= 4 is 10.2 Å². The maximum Gasteiger partial charge on any atom is 0.281 e. The van der Waals surface area contributed by atoms with Crippen LogP contribution in [-0.4, -0.2) is 63.5 Å². The van der Waals surface area contributed by atoms with Crippen LogP contribution in [0.25, 0.3) is 0 Å². The van der Waals surface area contributed by atoms with Gasteiger partial charge in [-0.2, -0.15) is 17.0 Å². The quantitative estimate of drug-likeness (QED) is 0.669. The Kier molecular flexibility index (Phi) is 4.47. The molecule has 2 N–H and O–H groups in total. The van der Waals surface area contributed by atoms with Gasteiger partial charge in [0.05, 0.1) is 12.7 Å². The third-order valence-corrected chi connectivity index (χ3v) is 4.28. The number of morpholine rings is 1. The van der Waals surface area contributed by atoms with Gasteiger partial charge in [0.1, 0.15) is 0 Å². The molecule has 0 radical (unpaired) electrons. The van der Waals surface area contributed by atoms with Gasteiger partial charge in [-0.1, -0.05) is 0 Å². The lowest BCUT2D eigenvalue weighted by atomic mass is 10.2. The first kappa shape index (κ1) is 12.9. The fraction of sp³-hybridized carbons (Fsp3) is 1.00. The summed E-state index contributed by atoms with van der Waals surface area (Å²) < 4.78 is 31.7. The van der Waals surface area contributed by atoms with Crippen molar-refractivity contribution < 1.29 is 13.2 Å². The van der Waals surface area contributed by atoms with E-state index in [1.165, 1.54) is 22.7 Å². The average Bonchev–Trinajstić information content (AvgIpc) is 2.18. The predicted octanol–water partition coefficient (Wildman–Crippen LogP) is -1.16. The smallest absolute Gasteiger partial charge is 0.281 e. The highest BCUT2D eigenvalue weighted by molar-refractivity contribution is 7.86. The minimum atomic E-state index is -3.31. The molecule has 1 rings (SSSR count). The Morgan fingerprint density at radius 3 is 2.73 bits per heavy atom. The van der Waals surface area contributed by atoms with Crippen molar-refractivity contribution in [3.63, 3.8) is 0 Å². The van der Waals surface area contributed by atoms with Gasteiger partial charge in [0.25, 0.3) is 10.2 Å². The summed E-state index contributed by atoms with van der Waals surface area (Å²) in [5.41, 5.74) is 5.42. The second-order valence-corrected chi connectivity index (χ2v) is 5.86. The highest BCUT2D eigenvalue weighted by Crippen LogP contribution is 2.13. The van der Waals surface area contributed by atoms with Gasteiger partial charge in [0, 0.05) is 27.2 Å². The molecule has 1 saturated heterocycles. The van der Waals surface area contributed by atoms with Gasteiger partial charge >= 0.3 is 0 Å². The number of hydrogen-bond donors (Lipinski definition) is 1. The Hall–Kier alpha value is -0.210. The summed E-state index contributed by atoms with van der Waals surface area (Å²) in [6.07, 6.45) is 0.623. The Morgan fingerprint density at radius 2 is 2.20 bits per heavy atom. The summed E-state index contributed by atoms with van der Waals surface area (Å²) >= 11 is 0. The second-order valence-electron chi connectivity index (χ2n) is 3.72. The van der Waals surface area contributed by atoms with Crippen LogP contribution >= 0.6 is 0 Å². The lowest BCUT2D eigenvalue weighted by Gasteiger charge is -2.33. The number of rotatable bonds is 4. The van der Waals surface area contributed by atoms with Crippen molar-refractivity contribution in [2.75, 3.05) is 40.3 Å². The molecule has 1 aliphatic rings. The van der Waals surface area contributed by atoms with E-state index >= 15 is 0 Å². The summed E-state index contributed by atoms with van der Waals surface area (Å²) in [7, 11) is -0.244. The van der Waals surface area contributed by atoms with E-state index in [1.807, 2.05) is 0 Å². The van der Waals surface area contributed by atoms with Gasteiger partial charge in [0.2, 0.25) is 0 Å². The number of nitrogens with two attached hydrogens (primary N) is 1. The zero-order valence-electron chi connectivity index (χ0n) is 9.22. The van der Waals surface area contributed by atoms with Crippen molar-refractivity contribution in [1.82, 2.24) is 8.61 Å². The molecule has 0 aromatic heterocycles. The van der Waals surface area contributed by atoms with E-state index in [4.69, 9.17) is 10.5 Å². The monoisotopic (exact) mass is 237 g/mol. The van der Waals surface area contributed by atoms with E-state index < -0.39 is 10.2 Å². The Morgan fingerprint density at radius 1 is 1.53 bits per heavy atom. The van der Waals surface area contributed by atoms with Gasteiger partial charge < -0.3 is 10.5 Å². The molecule has 1 heterocycles. The normalized spacial score (nSPS) is 24.7. The third-order valence-electron chi connectivity index (χ3n) is 2.38. The van der Waals surface area contributed by atoms with E-state index in [0.29, 0.717) is 32.7 Å². The Labute approximate surface area is 91.2 Å². The van der Waals surface area contributed by atoms with Crippen molar-refractivity contribution in [1.29, 1.82) is 0 Å².